The standard InChI is InChI=1S/C21H24ClNO3/c1-15(24)21(22,18-8-5-13-23-14-18)26-19-11-9-17(10-12-19)20(25)16-6-3-2-4-7-16/h2-4,6-7,9-12,15,18,23-24H,5,8,13-14H2,1H3. The number of aliphatic hydroxyl groups excluding tert-OH is 1. The Hall–Kier alpha value is -1.88. The summed E-state index contributed by atoms with van der Waals surface area (Å²) in [6, 6.07) is 16.1. The van der Waals surface area contributed by atoms with Gasteiger partial charge in [-0.15, -0.1) is 0 Å². The highest BCUT2D eigenvalue weighted by Gasteiger charge is 2.44. The SMILES string of the molecule is CC(O)C(Cl)(Oc1ccc(C(=O)c2ccccc2)cc1)C1CCCNC1. The van der Waals surface area contributed by atoms with Crippen LogP contribution in [0.4, 0.5) is 0 Å². The number of hydrogen-bond donors (Lipinski definition) is 2. The highest BCUT2D eigenvalue weighted by molar-refractivity contribution is 6.23. The lowest BCUT2D eigenvalue weighted by Gasteiger charge is -2.40. The summed E-state index contributed by atoms with van der Waals surface area (Å²) in [7, 11) is 0. The van der Waals surface area contributed by atoms with Crippen LogP contribution in [0, 0.1) is 5.92 Å². The molecule has 0 bridgehead atoms. The Labute approximate surface area is 159 Å². The normalized spacial score (nSPS) is 20.8. The number of carbonyl (C=O) groups excluding carboxylic acids is 1. The smallest absolute Gasteiger partial charge is 0.211 e. The molecule has 0 aromatic heterocycles. The Morgan fingerprint density at radius 3 is 2.42 bits per heavy atom. The third-order valence-electron chi connectivity index (χ3n) is 4.85. The zero-order chi connectivity index (χ0) is 18.6. The maximum Gasteiger partial charge on any atom is 0.211 e. The molecule has 2 aromatic carbocycles. The predicted molar refractivity (Wildman–Crippen MR) is 103 cm³/mol. The van der Waals surface area contributed by atoms with Crippen molar-refractivity contribution in [3.8, 4) is 5.75 Å². The average Bonchev–Trinajstić information content (AvgIpc) is 2.69. The van der Waals surface area contributed by atoms with Gasteiger partial charge >= 0.3 is 0 Å². The molecule has 2 aromatic rings. The number of halogens is 1. The van der Waals surface area contributed by atoms with Crippen LogP contribution in [0.1, 0.15) is 35.7 Å². The molecule has 26 heavy (non-hydrogen) atoms. The molecule has 1 heterocycles. The number of alkyl halides is 1. The van der Waals surface area contributed by atoms with Crippen LogP contribution in [-0.2, 0) is 0 Å². The lowest BCUT2D eigenvalue weighted by atomic mass is 9.90. The second-order valence-electron chi connectivity index (χ2n) is 6.74. The van der Waals surface area contributed by atoms with E-state index < -0.39 is 11.2 Å². The average molecular weight is 374 g/mol. The summed E-state index contributed by atoms with van der Waals surface area (Å²) in [6.07, 6.45) is 1.06. The maximum atomic E-state index is 12.5. The van der Waals surface area contributed by atoms with Crippen molar-refractivity contribution in [3.63, 3.8) is 0 Å². The second-order valence-corrected chi connectivity index (χ2v) is 7.33. The molecule has 3 unspecified atom stereocenters. The molecule has 0 amide bonds. The van der Waals surface area contributed by atoms with Crippen molar-refractivity contribution in [2.75, 3.05) is 13.1 Å². The number of ketones is 1. The molecule has 0 saturated carbocycles. The zero-order valence-electron chi connectivity index (χ0n) is 14.8. The molecule has 1 fully saturated rings. The van der Waals surface area contributed by atoms with Crippen LogP contribution in [-0.4, -0.2) is 35.1 Å². The van der Waals surface area contributed by atoms with Gasteiger partial charge in [0.15, 0.2) is 5.78 Å². The molecule has 3 rings (SSSR count). The number of carbonyl (C=O) groups is 1. The summed E-state index contributed by atoms with van der Waals surface area (Å²) in [5.41, 5.74) is 1.23. The lowest BCUT2D eigenvalue weighted by molar-refractivity contribution is -0.0296. The van der Waals surface area contributed by atoms with E-state index in [1.807, 2.05) is 18.2 Å². The van der Waals surface area contributed by atoms with E-state index in [0.29, 0.717) is 23.4 Å². The highest BCUT2D eigenvalue weighted by atomic mass is 35.5. The third-order valence-corrected chi connectivity index (χ3v) is 5.55. The molecular formula is C21H24ClNO3. The summed E-state index contributed by atoms with van der Waals surface area (Å²) in [5, 5.41) is 12.3. The zero-order valence-corrected chi connectivity index (χ0v) is 15.6. The molecule has 1 aliphatic heterocycles. The Bertz CT molecular complexity index is 727. The van der Waals surface area contributed by atoms with Gasteiger partial charge in [-0.1, -0.05) is 41.9 Å². The molecule has 1 aliphatic rings. The van der Waals surface area contributed by atoms with Gasteiger partial charge in [-0.05, 0) is 50.6 Å². The quantitative estimate of drug-likeness (QED) is 0.600. The topological polar surface area (TPSA) is 58.6 Å². The van der Waals surface area contributed by atoms with Crippen LogP contribution in [0.2, 0.25) is 0 Å². The van der Waals surface area contributed by atoms with Gasteiger partial charge in [0.2, 0.25) is 5.06 Å². The number of ether oxygens (including phenoxy) is 1. The first-order chi connectivity index (χ1) is 12.5. The van der Waals surface area contributed by atoms with Crippen LogP contribution in [0.5, 0.6) is 5.75 Å². The predicted octanol–water partition coefficient (Wildman–Crippen LogP) is 3.61. The highest BCUT2D eigenvalue weighted by Crippen LogP contribution is 2.36. The number of benzene rings is 2. The van der Waals surface area contributed by atoms with Crippen molar-refractivity contribution in [2.24, 2.45) is 5.92 Å². The second kappa shape index (κ2) is 8.21. The summed E-state index contributed by atoms with van der Waals surface area (Å²) in [5.74, 6) is 0.501. The molecular weight excluding hydrogens is 350 g/mol. The molecule has 0 spiro atoms. The van der Waals surface area contributed by atoms with E-state index in [4.69, 9.17) is 16.3 Å². The van der Waals surface area contributed by atoms with Gasteiger partial charge < -0.3 is 15.2 Å². The summed E-state index contributed by atoms with van der Waals surface area (Å²) >= 11 is 6.71. The van der Waals surface area contributed by atoms with Gasteiger partial charge in [-0.2, -0.15) is 0 Å². The van der Waals surface area contributed by atoms with Gasteiger partial charge in [-0.25, -0.2) is 0 Å². The summed E-state index contributed by atoms with van der Waals surface area (Å²) < 4.78 is 6.01. The van der Waals surface area contributed by atoms with E-state index in [2.05, 4.69) is 5.32 Å². The van der Waals surface area contributed by atoms with Gasteiger partial charge in [0.25, 0.3) is 0 Å². The van der Waals surface area contributed by atoms with Gasteiger partial charge in [0, 0.05) is 23.6 Å². The van der Waals surface area contributed by atoms with E-state index in [1.54, 1.807) is 43.3 Å². The van der Waals surface area contributed by atoms with E-state index in [9.17, 15) is 9.90 Å². The van der Waals surface area contributed by atoms with Gasteiger partial charge in [-0.3, -0.25) is 4.79 Å². The number of rotatable bonds is 6. The molecule has 4 nitrogen and oxygen atoms in total. The summed E-state index contributed by atoms with van der Waals surface area (Å²) in [6.45, 7) is 3.31. The fraction of sp³-hybridized carbons (Fsp3) is 0.381. The Morgan fingerprint density at radius 2 is 1.85 bits per heavy atom. The molecule has 2 N–H and O–H groups in total. The van der Waals surface area contributed by atoms with E-state index in [1.165, 1.54) is 0 Å². The summed E-state index contributed by atoms with van der Waals surface area (Å²) in [4.78, 5) is 12.5. The van der Waals surface area contributed by atoms with Crippen LogP contribution in [0.25, 0.3) is 0 Å². The van der Waals surface area contributed by atoms with E-state index in [0.717, 1.165) is 19.4 Å². The molecule has 138 valence electrons. The minimum atomic E-state index is -1.20. The van der Waals surface area contributed by atoms with E-state index >= 15 is 0 Å². The maximum absolute atomic E-state index is 12.5. The largest absolute Gasteiger partial charge is 0.469 e. The Morgan fingerprint density at radius 1 is 1.19 bits per heavy atom. The van der Waals surface area contributed by atoms with Crippen LogP contribution < -0.4 is 10.1 Å². The number of nitrogens with one attached hydrogen (secondary N) is 1. The van der Waals surface area contributed by atoms with Crippen molar-refractivity contribution < 1.29 is 14.6 Å². The van der Waals surface area contributed by atoms with Crippen LogP contribution in [0.15, 0.2) is 54.6 Å². The third kappa shape index (κ3) is 4.09. The first kappa shape index (κ1) is 18.9. The number of hydrogen-bond acceptors (Lipinski definition) is 4. The number of aliphatic hydroxyl groups is 1. The number of piperidine rings is 1. The van der Waals surface area contributed by atoms with Crippen molar-refractivity contribution in [1.82, 2.24) is 5.32 Å². The van der Waals surface area contributed by atoms with Crippen LogP contribution >= 0.6 is 11.6 Å². The minimum Gasteiger partial charge on any atom is -0.469 e. The fourth-order valence-electron chi connectivity index (χ4n) is 3.31. The van der Waals surface area contributed by atoms with Gasteiger partial charge in [0.1, 0.15) is 11.9 Å². The first-order valence-corrected chi connectivity index (χ1v) is 9.35. The lowest BCUT2D eigenvalue weighted by Crippen LogP contribution is -2.52. The Balaban J connectivity index is 1.76. The monoisotopic (exact) mass is 373 g/mol. The fourth-order valence-corrected chi connectivity index (χ4v) is 3.58. The van der Waals surface area contributed by atoms with Crippen molar-refractivity contribution >= 4 is 17.4 Å². The van der Waals surface area contributed by atoms with Crippen molar-refractivity contribution in [2.45, 2.75) is 30.9 Å². The molecule has 3 atom stereocenters. The minimum absolute atomic E-state index is 0.00328. The molecule has 0 radical (unpaired) electrons. The van der Waals surface area contributed by atoms with Gasteiger partial charge in [0.05, 0.1) is 0 Å². The van der Waals surface area contributed by atoms with Crippen molar-refractivity contribution in [1.29, 1.82) is 0 Å². The van der Waals surface area contributed by atoms with Crippen LogP contribution in [0.3, 0.4) is 0 Å². The first-order valence-electron chi connectivity index (χ1n) is 8.97. The van der Waals surface area contributed by atoms with E-state index in [-0.39, 0.29) is 11.7 Å². The van der Waals surface area contributed by atoms with Crippen molar-refractivity contribution in [3.05, 3.63) is 65.7 Å². The molecule has 5 heteroatoms. The molecule has 0 aliphatic carbocycles. The molecule has 1 saturated heterocycles. The Kier molecular flexibility index (Phi) is 5.97.